The molecule has 0 amide bonds. The van der Waals surface area contributed by atoms with Crippen LogP contribution in [0.25, 0.3) is 0 Å². The summed E-state index contributed by atoms with van der Waals surface area (Å²) in [7, 11) is 0. The van der Waals surface area contributed by atoms with Crippen molar-refractivity contribution in [3.05, 3.63) is 0 Å². The van der Waals surface area contributed by atoms with Gasteiger partial charge in [-0.2, -0.15) is 0 Å². The highest BCUT2D eigenvalue weighted by molar-refractivity contribution is 4.88. The molecular formula is C27H52. The Kier molecular flexibility index (Phi) is 11.4. The molecule has 0 heteroatoms. The molecule has 0 spiro atoms. The molecule has 0 unspecified atom stereocenters. The van der Waals surface area contributed by atoms with Crippen LogP contribution < -0.4 is 0 Å². The lowest BCUT2D eigenvalue weighted by molar-refractivity contribution is 0.0797. The maximum absolute atomic E-state index is 2.48. The largest absolute Gasteiger partial charge is 0.0654 e. The molecule has 0 bridgehead atoms. The van der Waals surface area contributed by atoms with Crippen molar-refractivity contribution >= 4 is 0 Å². The standard InChI is InChI=1S/C27H52/c1-4-7-9-11-13-21-27(6-3)22-19-26(20-23-27)25-17-15-24(16-18-25)14-12-10-8-5-2/h24-26H,4-23H2,1-3H3. The highest BCUT2D eigenvalue weighted by atomic mass is 14.4. The Hall–Kier alpha value is 0. The predicted molar refractivity (Wildman–Crippen MR) is 122 cm³/mol. The number of hydrogen-bond acceptors (Lipinski definition) is 0. The van der Waals surface area contributed by atoms with Crippen LogP contribution in [0.5, 0.6) is 0 Å². The molecule has 2 aliphatic carbocycles. The summed E-state index contributed by atoms with van der Waals surface area (Å²) >= 11 is 0. The second-order valence-corrected chi connectivity index (χ2v) is 10.5. The fourth-order valence-electron chi connectivity index (χ4n) is 6.42. The van der Waals surface area contributed by atoms with Crippen molar-refractivity contribution in [1.29, 1.82) is 0 Å². The number of unbranched alkanes of at least 4 members (excludes halogenated alkanes) is 7. The minimum Gasteiger partial charge on any atom is -0.0654 e. The summed E-state index contributed by atoms with van der Waals surface area (Å²) in [4.78, 5) is 0. The molecule has 0 aromatic heterocycles. The van der Waals surface area contributed by atoms with Crippen LogP contribution in [0, 0.1) is 23.2 Å². The maximum Gasteiger partial charge on any atom is -0.0300 e. The molecule has 2 saturated carbocycles. The Bertz CT molecular complexity index is 341. The first-order valence-corrected chi connectivity index (χ1v) is 13.2. The Balaban J connectivity index is 1.63. The van der Waals surface area contributed by atoms with E-state index in [-0.39, 0.29) is 0 Å². The molecule has 0 aliphatic heterocycles. The molecule has 160 valence electrons. The molecular weight excluding hydrogens is 324 g/mol. The average molecular weight is 377 g/mol. The fraction of sp³-hybridized carbons (Fsp3) is 1.00. The van der Waals surface area contributed by atoms with Gasteiger partial charge in [0.1, 0.15) is 0 Å². The van der Waals surface area contributed by atoms with Crippen LogP contribution in [0.2, 0.25) is 0 Å². The Morgan fingerprint density at radius 3 is 1.74 bits per heavy atom. The van der Waals surface area contributed by atoms with Crippen LogP contribution in [0.3, 0.4) is 0 Å². The molecule has 0 saturated heterocycles. The Morgan fingerprint density at radius 1 is 0.593 bits per heavy atom. The molecule has 27 heavy (non-hydrogen) atoms. The third-order valence-electron chi connectivity index (χ3n) is 8.68. The van der Waals surface area contributed by atoms with Gasteiger partial charge in [0.05, 0.1) is 0 Å². The van der Waals surface area contributed by atoms with Gasteiger partial charge in [0, 0.05) is 0 Å². The van der Waals surface area contributed by atoms with Crippen molar-refractivity contribution in [2.45, 2.75) is 149 Å². The van der Waals surface area contributed by atoms with Crippen LogP contribution in [0.15, 0.2) is 0 Å². The first kappa shape index (κ1) is 23.3. The fourth-order valence-corrected chi connectivity index (χ4v) is 6.42. The van der Waals surface area contributed by atoms with Crippen molar-refractivity contribution in [2.75, 3.05) is 0 Å². The van der Waals surface area contributed by atoms with Crippen molar-refractivity contribution in [3.8, 4) is 0 Å². The Morgan fingerprint density at radius 2 is 1.15 bits per heavy atom. The molecule has 0 aromatic rings. The lowest BCUT2D eigenvalue weighted by Gasteiger charge is -2.44. The first-order valence-electron chi connectivity index (χ1n) is 13.2. The molecule has 2 fully saturated rings. The topological polar surface area (TPSA) is 0 Å². The van der Waals surface area contributed by atoms with Crippen molar-refractivity contribution < 1.29 is 0 Å². The first-order chi connectivity index (χ1) is 13.2. The highest BCUT2D eigenvalue weighted by Gasteiger charge is 2.36. The molecule has 0 radical (unpaired) electrons. The third-order valence-corrected chi connectivity index (χ3v) is 8.68. The smallest absolute Gasteiger partial charge is 0.0300 e. The second-order valence-electron chi connectivity index (χ2n) is 10.5. The van der Waals surface area contributed by atoms with Gasteiger partial charge in [0.2, 0.25) is 0 Å². The number of hydrogen-bond donors (Lipinski definition) is 0. The number of rotatable bonds is 13. The van der Waals surface area contributed by atoms with E-state index in [4.69, 9.17) is 0 Å². The third kappa shape index (κ3) is 8.10. The second kappa shape index (κ2) is 13.3. The van der Waals surface area contributed by atoms with Crippen molar-refractivity contribution in [3.63, 3.8) is 0 Å². The molecule has 2 rings (SSSR count). The molecule has 0 heterocycles. The SMILES string of the molecule is CCCCCCCC1(CC)CCC(C2CCC(CCCCCC)CC2)CC1. The van der Waals surface area contributed by atoms with Crippen LogP contribution in [0.1, 0.15) is 149 Å². The summed E-state index contributed by atoms with van der Waals surface area (Å²) < 4.78 is 0. The minimum atomic E-state index is 0.735. The summed E-state index contributed by atoms with van der Waals surface area (Å²) in [5.41, 5.74) is 0.735. The molecule has 2 aliphatic rings. The van der Waals surface area contributed by atoms with Gasteiger partial charge in [0.15, 0.2) is 0 Å². The van der Waals surface area contributed by atoms with E-state index < -0.39 is 0 Å². The van der Waals surface area contributed by atoms with Gasteiger partial charge in [0.25, 0.3) is 0 Å². The zero-order valence-electron chi connectivity index (χ0n) is 19.4. The van der Waals surface area contributed by atoms with E-state index in [0.29, 0.717) is 0 Å². The van der Waals surface area contributed by atoms with E-state index >= 15 is 0 Å². The van der Waals surface area contributed by atoms with Crippen molar-refractivity contribution in [1.82, 2.24) is 0 Å². The summed E-state index contributed by atoms with van der Waals surface area (Å²) in [5.74, 6) is 3.27. The van der Waals surface area contributed by atoms with Crippen LogP contribution in [0.4, 0.5) is 0 Å². The van der Waals surface area contributed by atoms with Crippen molar-refractivity contribution in [2.24, 2.45) is 23.2 Å². The van der Waals surface area contributed by atoms with E-state index in [1.807, 2.05) is 0 Å². The van der Waals surface area contributed by atoms with Crippen LogP contribution >= 0.6 is 0 Å². The zero-order valence-corrected chi connectivity index (χ0v) is 19.4. The van der Waals surface area contributed by atoms with Gasteiger partial charge in [-0.25, -0.2) is 0 Å². The van der Waals surface area contributed by atoms with Crippen LogP contribution in [-0.4, -0.2) is 0 Å². The van der Waals surface area contributed by atoms with E-state index in [1.165, 1.54) is 77.0 Å². The lowest BCUT2D eigenvalue weighted by atomic mass is 9.62. The summed E-state index contributed by atoms with van der Waals surface area (Å²) in [6.07, 6.45) is 30.1. The molecule has 0 atom stereocenters. The molecule has 0 nitrogen and oxygen atoms in total. The van der Waals surface area contributed by atoms with E-state index in [1.54, 1.807) is 51.4 Å². The molecule has 0 aromatic carbocycles. The van der Waals surface area contributed by atoms with Gasteiger partial charge < -0.3 is 0 Å². The lowest BCUT2D eigenvalue weighted by Crippen LogP contribution is -2.31. The van der Waals surface area contributed by atoms with Crippen LogP contribution in [-0.2, 0) is 0 Å². The quantitative estimate of drug-likeness (QED) is 0.280. The highest BCUT2D eigenvalue weighted by Crippen LogP contribution is 2.49. The minimum absolute atomic E-state index is 0.735. The van der Waals surface area contributed by atoms with E-state index in [9.17, 15) is 0 Å². The van der Waals surface area contributed by atoms with Gasteiger partial charge in [-0.15, -0.1) is 0 Å². The summed E-state index contributed by atoms with van der Waals surface area (Å²) in [6.45, 7) is 7.14. The maximum atomic E-state index is 2.48. The monoisotopic (exact) mass is 376 g/mol. The predicted octanol–water partition coefficient (Wildman–Crippen LogP) is 9.71. The summed E-state index contributed by atoms with van der Waals surface area (Å²) in [6, 6.07) is 0. The average Bonchev–Trinajstić information content (AvgIpc) is 2.72. The van der Waals surface area contributed by atoms with E-state index in [2.05, 4.69) is 20.8 Å². The van der Waals surface area contributed by atoms with Gasteiger partial charge in [-0.05, 0) is 68.1 Å². The summed E-state index contributed by atoms with van der Waals surface area (Å²) in [5, 5.41) is 0. The van der Waals surface area contributed by atoms with Gasteiger partial charge >= 0.3 is 0 Å². The van der Waals surface area contributed by atoms with E-state index in [0.717, 1.165) is 23.2 Å². The van der Waals surface area contributed by atoms with Gasteiger partial charge in [-0.1, -0.05) is 104 Å². The zero-order chi connectivity index (χ0) is 19.4. The molecule has 0 N–H and O–H groups in total. The Labute approximate surface area is 172 Å². The van der Waals surface area contributed by atoms with Gasteiger partial charge in [-0.3, -0.25) is 0 Å². The normalized spacial score (nSPS) is 31.9.